The second-order valence-corrected chi connectivity index (χ2v) is 4.87. The standard InChI is InChI=1S/C14H15NO3/c1-15-12(14(6-7-14)13(16)17)10-8-18-11-5-3-2-4-9(10)11/h2-5,8,12,15H,6-7H2,1H3,(H,16,17). The van der Waals surface area contributed by atoms with Crippen molar-refractivity contribution in [1.29, 1.82) is 0 Å². The fourth-order valence-electron chi connectivity index (χ4n) is 2.71. The normalized spacial score (nSPS) is 18.7. The lowest BCUT2D eigenvalue weighted by molar-refractivity contribution is -0.144. The van der Waals surface area contributed by atoms with Gasteiger partial charge >= 0.3 is 5.97 Å². The molecule has 1 atom stereocenters. The van der Waals surface area contributed by atoms with Gasteiger partial charge in [-0.25, -0.2) is 0 Å². The predicted molar refractivity (Wildman–Crippen MR) is 67.3 cm³/mol. The van der Waals surface area contributed by atoms with Gasteiger partial charge in [-0.3, -0.25) is 4.79 Å². The summed E-state index contributed by atoms with van der Waals surface area (Å²) in [5, 5.41) is 13.5. The Morgan fingerprint density at radius 3 is 2.78 bits per heavy atom. The van der Waals surface area contributed by atoms with Crippen LogP contribution in [0.1, 0.15) is 24.4 Å². The van der Waals surface area contributed by atoms with Crippen LogP contribution in [0.15, 0.2) is 34.9 Å². The van der Waals surface area contributed by atoms with E-state index >= 15 is 0 Å². The van der Waals surface area contributed by atoms with Crippen LogP contribution in [0.25, 0.3) is 11.0 Å². The Labute approximate surface area is 105 Å². The molecule has 2 N–H and O–H groups in total. The Morgan fingerprint density at radius 2 is 2.17 bits per heavy atom. The highest BCUT2D eigenvalue weighted by atomic mass is 16.4. The Kier molecular flexibility index (Phi) is 2.41. The zero-order valence-corrected chi connectivity index (χ0v) is 10.1. The van der Waals surface area contributed by atoms with E-state index in [2.05, 4.69) is 5.32 Å². The van der Waals surface area contributed by atoms with E-state index in [1.807, 2.05) is 24.3 Å². The van der Waals surface area contributed by atoms with Gasteiger partial charge in [0.15, 0.2) is 0 Å². The van der Waals surface area contributed by atoms with Gasteiger partial charge in [0, 0.05) is 10.9 Å². The maximum Gasteiger partial charge on any atom is 0.311 e. The molecule has 2 aromatic rings. The number of carboxylic acid groups (broad SMARTS) is 1. The summed E-state index contributed by atoms with van der Waals surface area (Å²) < 4.78 is 5.50. The summed E-state index contributed by atoms with van der Waals surface area (Å²) in [5.74, 6) is -0.730. The molecule has 1 unspecified atom stereocenters. The highest BCUT2D eigenvalue weighted by Crippen LogP contribution is 2.56. The molecule has 18 heavy (non-hydrogen) atoms. The fourth-order valence-corrected chi connectivity index (χ4v) is 2.71. The van der Waals surface area contributed by atoms with Crippen molar-refractivity contribution in [1.82, 2.24) is 5.32 Å². The van der Waals surface area contributed by atoms with Crippen molar-refractivity contribution in [3.8, 4) is 0 Å². The van der Waals surface area contributed by atoms with E-state index in [0.717, 1.165) is 16.5 Å². The highest BCUT2D eigenvalue weighted by Gasteiger charge is 2.56. The molecular weight excluding hydrogens is 230 g/mol. The number of carbonyl (C=O) groups is 1. The lowest BCUT2D eigenvalue weighted by atomic mass is 9.90. The Bertz CT molecular complexity index is 598. The molecule has 0 amide bonds. The zero-order valence-electron chi connectivity index (χ0n) is 10.1. The lowest BCUT2D eigenvalue weighted by Crippen LogP contribution is -2.32. The summed E-state index contributed by atoms with van der Waals surface area (Å²) in [5.41, 5.74) is 1.07. The minimum atomic E-state index is -0.730. The maximum atomic E-state index is 11.4. The molecule has 0 saturated heterocycles. The summed E-state index contributed by atoms with van der Waals surface area (Å²) in [6.07, 6.45) is 3.11. The first-order valence-corrected chi connectivity index (χ1v) is 6.06. The molecule has 1 saturated carbocycles. The van der Waals surface area contributed by atoms with Crippen molar-refractivity contribution in [3.05, 3.63) is 36.1 Å². The number of aliphatic carboxylic acids is 1. The average Bonchev–Trinajstić information content (AvgIpc) is 3.07. The van der Waals surface area contributed by atoms with Crippen molar-refractivity contribution in [2.75, 3.05) is 7.05 Å². The van der Waals surface area contributed by atoms with E-state index in [1.54, 1.807) is 13.3 Å². The van der Waals surface area contributed by atoms with E-state index < -0.39 is 11.4 Å². The molecule has 0 spiro atoms. The molecule has 0 radical (unpaired) electrons. The third-order valence-corrected chi connectivity index (χ3v) is 3.88. The Hall–Kier alpha value is -1.81. The van der Waals surface area contributed by atoms with Gasteiger partial charge in [-0.2, -0.15) is 0 Å². The van der Waals surface area contributed by atoms with E-state index in [9.17, 15) is 9.90 Å². The summed E-state index contributed by atoms with van der Waals surface area (Å²) in [6.45, 7) is 0. The van der Waals surface area contributed by atoms with Crippen molar-refractivity contribution in [3.63, 3.8) is 0 Å². The van der Waals surface area contributed by atoms with Crippen LogP contribution in [-0.2, 0) is 4.79 Å². The molecule has 1 aromatic carbocycles. The van der Waals surface area contributed by atoms with Gasteiger partial charge in [0.1, 0.15) is 5.58 Å². The fraction of sp³-hybridized carbons (Fsp3) is 0.357. The van der Waals surface area contributed by atoms with Crippen LogP contribution in [0.4, 0.5) is 0 Å². The number of hydrogen-bond acceptors (Lipinski definition) is 3. The third kappa shape index (κ3) is 1.46. The molecular formula is C14H15NO3. The molecule has 1 aliphatic rings. The van der Waals surface area contributed by atoms with Gasteiger partial charge in [-0.15, -0.1) is 0 Å². The first kappa shape index (κ1) is 11.3. The molecule has 94 valence electrons. The third-order valence-electron chi connectivity index (χ3n) is 3.88. The minimum Gasteiger partial charge on any atom is -0.481 e. The van der Waals surface area contributed by atoms with Gasteiger partial charge in [0.25, 0.3) is 0 Å². The maximum absolute atomic E-state index is 11.4. The monoisotopic (exact) mass is 245 g/mol. The summed E-state index contributed by atoms with van der Waals surface area (Å²) in [7, 11) is 1.80. The van der Waals surface area contributed by atoms with Crippen LogP contribution in [-0.4, -0.2) is 18.1 Å². The smallest absolute Gasteiger partial charge is 0.311 e. The molecule has 1 heterocycles. The van der Waals surface area contributed by atoms with Crippen LogP contribution in [0.5, 0.6) is 0 Å². The van der Waals surface area contributed by atoms with Crippen LogP contribution in [0, 0.1) is 5.41 Å². The Morgan fingerprint density at radius 1 is 1.44 bits per heavy atom. The molecule has 3 rings (SSSR count). The van der Waals surface area contributed by atoms with Crippen LogP contribution >= 0.6 is 0 Å². The van der Waals surface area contributed by atoms with E-state index in [1.165, 1.54) is 0 Å². The van der Waals surface area contributed by atoms with Gasteiger partial charge in [0.05, 0.1) is 17.7 Å². The molecule has 0 bridgehead atoms. The molecule has 4 nitrogen and oxygen atoms in total. The number of para-hydroxylation sites is 1. The van der Waals surface area contributed by atoms with Crippen molar-refractivity contribution >= 4 is 16.9 Å². The van der Waals surface area contributed by atoms with Crippen molar-refractivity contribution < 1.29 is 14.3 Å². The first-order valence-electron chi connectivity index (χ1n) is 6.06. The van der Waals surface area contributed by atoms with Crippen molar-refractivity contribution in [2.24, 2.45) is 5.41 Å². The average molecular weight is 245 g/mol. The number of fused-ring (bicyclic) bond motifs is 1. The van der Waals surface area contributed by atoms with Gasteiger partial charge in [0.2, 0.25) is 0 Å². The Balaban J connectivity index is 2.10. The highest BCUT2D eigenvalue weighted by molar-refractivity contribution is 5.85. The zero-order chi connectivity index (χ0) is 12.8. The van der Waals surface area contributed by atoms with Crippen molar-refractivity contribution in [2.45, 2.75) is 18.9 Å². The minimum absolute atomic E-state index is 0.196. The number of benzene rings is 1. The number of furan rings is 1. The SMILES string of the molecule is CNC(c1coc2ccccc12)C1(C(=O)O)CC1. The van der Waals surface area contributed by atoms with E-state index in [4.69, 9.17) is 4.42 Å². The second-order valence-electron chi connectivity index (χ2n) is 4.87. The summed E-state index contributed by atoms with van der Waals surface area (Å²) in [6, 6.07) is 7.52. The van der Waals surface area contributed by atoms with Gasteiger partial charge in [-0.05, 0) is 26.0 Å². The van der Waals surface area contributed by atoms with E-state index in [0.29, 0.717) is 12.8 Å². The second kappa shape index (κ2) is 3.85. The summed E-state index contributed by atoms with van der Waals surface area (Å²) in [4.78, 5) is 11.4. The molecule has 0 aliphatic heterocycles. The number of nitrogens with one attached hydrogen (secondary N) is 1. The molecule has 4 heteroatoms. The van der Waals surface area contributed by atoms with Crippen LogP contribution in [0.2, 0.25) is 0 Å². The van der Waals surface area contributed by atoms with Crippen LogP contribution in [0.3, 0.4) is 0 Å². The number of rotatable bonds is 4. The molecule has 1 aliphatic carbocycles. The number of carboxylic acids is 1. The van der Waals surface area contributed by atoms with E-state index in [-0.39, 0.29) is 6.04 Å². The molecule has 1 fully saturated rings. The first-order chi connectivity index (χ1) is 8.69. The van der Waals surface area contributed by atoms with Gasteiger partial charge in [-0.1, -0.05) is 18.2 Å². The number of hydrogen-bond donors (Lipinski definition) is 2. The predicted octanol–water partition coefficient (Wildman–Crippen LogP) is 2.56. The quantitative estimate of drug-likeness (QED) is 0.869. The lowest BCUT2D eigenvalue weighted by Gasteiger charge is -2.22. The van der Waals surface area contributed by atoms with Gasteiger partial charge < -0.3 is 14.8 Å². The van der Waals surface area contributed by atoms with Crippen LogP contribution < -0.4 is 5.32 Å². The molecule has 1 aromatic heterocycles. The summed E-state index contributed by atoms with van der Waals surface area (Å²) >= 11 is 0. The topological polar surface area (TPSA) is 62.5 Å². The largest absolute Gasteiger partial charge is 0.481 e.